The second-order valence-electron chi connectivity index (χ2n) is 4.73. The number of amides is 2. The fourth-order valence-corrected chi connectivity index (χ4v) is 1.97. The smallest absolute Gasteiger partial charge is 0.548 e. The van der Waals surface area contributed by atoms with E-state index in [4.69, 9.17) is 0 Å². The van der Waals surface area contributed by atoms with Gasteiger partial charge in [0.15, 0.2) is 0 Å². The third-order valence-corrected chi connectivity index (χ3v) is 3.09. The molecule has 2 amide bonds. The maximum absolute atomic E-state index is 11.8. The van der Waals surface area contributed by atoms with E-state index in [0.29, 0.717) is 12.1 Å². The molecular formula is C16H16KN3O3. The largest absolute Gasteiger partial charge is 1.00 e. The molecule has 0 aliphatic heterocycles. The number of pyridine rings is 1. The van der Waals surface area contributed by atoms with Crippen LogP contribution >= 0.6 is 0 Å². The Kier molecular flexibility index (Phi) is 9.04. The number of aryl methyl sites for hydroxylation is 1. The first kappa shape index (κ1) is 19.8. The zero-order valence-electron chi connectivity index (χ0n) is 12.9. The maximum Gasteiger partial charge on any atom is 1.00 e. The van der Waals surface area contributed by atoms with Gasteiger partial charge >= 0.3 is 57.4 Å². The van der Waals surface area contributed by atoms with E-state index >= 15 is 0 Å². The van der Waals surface area contributed by atoms with Gasteiger partial charge in [-0.15, -0.1) is 0 Å². The van der Waals surface area contributed by atoms with E-state index in [1.807, 2.05) is 30.3 Å². The quantitative estimate of drug-likeness (QED) is 0.594. The summed E-state index contributed by atoms with van der Waals surface area (Å²) in [6.07, 6.45) is 3.85. The molecule has 2 N–H and O–H groups in total. The molecule has 1 heterocycles. The van der Waals surface area contributed by atoms with Gasteiger partial charge in [0.1, 0.15) is 0 Å². The second-order valence-corrected chi connectivity index (χ2v) is 4.73. The van der Waals surface area contributed by atoms with Crippen LogP contribution in [0, 0.1) is 0 Å². The molecule has 0 saturated heterocycles. The summed E-state index contributed by atoms with van der Waals surface area (Å²) in [4.78, 5) is 26.8. The van der Waals surface area contributed by atoms with Gasteiger partial charge in [-0.1, -0.05) is 30.3 Å². The maximum atomic E-state index is 11.8. The summed E-state index contributed by atoms with van der Waals surface area (Å²) in [5.41, 5.74) is 1.54. The van der Waals surface area contributed by atoms with E-state index in [2.05, 4.69) is 15.6 Å². The first-order valence-electron chi connectivity index (χ1n) is 6.87. The molecule has 0 fully saturated rings. The van der Waals surface area contributed by atoms with Crippen LogP contribution in [0.3, 0.4) is 0 Å². The van der Waals surface area contributed by atoms with Crippen LogP contribution in [-0.4, -0.2) is 23.0 Å². The first-order chi connectivity index (χ1) is 10.6. The molecule has 2 rings (SSSR count). The van der Waals surface area contributed by atoms with Crippen LogP contribution in [-0.2, 0) is 11.2 Å². The van der Waals surface area contributed by atoms with Crippen molar-refractivity contribution in [2.24, 2.45) is 0 Å². The van der Waals surface area contributed by atoms with Crippen LogP contribution < -0.4 is 67.1 Å². The van der Waals surface area contributed by atoms with Crippen LogP contribution in [0.5, 0.6) is 0 Å². The second kappa shape index (κ2) is 10.5. The SMILES string of the molecule is O=C(Nc1ccncc1)N[C@H](CCc1ccccc1)C(=O)[O-].[K+]. The monoisotopic (exact) mass is 337 g/mol. The zero-order valence-corrected chi connectivity index (χ0v) is 16.0. The van der Waals surface area contributed by atoms with Gasteiger partial charge in [-0.05, 0) is 30.5 Å². The van der Waals surface area contributed by atoms with E-state index in [-0.39, 0.29) is 57.8 Å². The Hall–Kier alpha value is -1.25. The molecule has 1 aromatic heterocycles. The summed E-state index contributed by atoms with van der Waals surface area (Å²) in [5.74, 6) is -1.30. The normalized spacial score (nSPS) is 11.0. The average molecular weight is 337 g/mol. The summed E-state index contributed by atoms with van der Waals surface area (Å²) in [5, 5.41) is 16.1. The number of anilines is 1. The van der Waals surface area contributed by atoms with Crippen molar-refractivity contribution in [2.45, 2.75) is 18.9 Å². The molecule has 0 unspecified atom stereocenters. The van der Waals surface area contributed by atoms with Gasteiger partial charge in [-0.3, -0.25) is 4.98 Å². The molecule has 7 heteroatoms. The molecule has 6 nitrogen and oxygen atoms in total. The number of urea groups is 1. The van der Waals surface area contributed by atoms with Crippen molar-refractivity contribution in [2.75, 3.05) is 5.32 Å². The van der Waals surface area contributed by atoms with Crippen molar-refractivity contribution >= 4 is 17.7 Å². The van der Waals surface area contributed by atoms with Crippen molar-refractivity contribution in [3.8, 4) is 0 Å². The standard InChI is InChI=1S/C16H17N3O3.K/c20-15(21)14(7-6-12-4-2-1-3-5-12)19-16(22)18-13-8-10-17-11-9-13;/h1-5,8-11,14H,6-7H2,(H,20,21)(H2,17,18,19,22);/q;+1/p-1/t14-;/m1./s1. The van der Waals surface area contributed by atoms with Crippen LogP contribution in [0.1, 0.15) is 12.0 Å². The van der Waals surface area contributed by atoms with Crippen molar-refractivity contribution in [3.63, 3.8) is 0 Å². The van der Waals surface area contributed by atoms with Gasteiger partial charge in [-0.25, -0.2) is 4.79 Å². The van der Waals surface area contributed by atoms with Crippen molar-refractivity contribution in [1.29, 1.82) is 0 Å². The van der Waals surface area contributed by atoms with E-state index in [1.165, 1.54) is 12.4 Å². The van der Waals surface area contributed by atoms with E-state index < -0.39 is 18.0 Å². The number of benzene rings is 1. The molecule has 1 aromatic carbocycles. The molecule has 0 aliphatic rings. The molecule has 0 bridgehead atoms. The molecule has 0 spiro atoms. The molecular weight excluding hydrogens is 321 g/mol. The molecule has 1 atom stereocenters. The Labute approximate surface area is 177 Å². The van der Waals surface area contributed by atoms with E-state index in [1.54, 1.807) is 12.1 Å². The Morgan fingerprint density at radius 1 is 1.09 bits per heavy atom. The number of carboxylic acid groups (broad SMARTS) is 1. The molecule has 114 valence electrons. The fourth-order valence-electron chi connectivity index (χ4n) is 1.97. The Balaban J connectivity index is 0.00000264. The Morgan fingerprint density at radius 3 is 2.35 bits per heavy atom. The number of carboxylic acids is 1. The minimum atomic E-state index is -1.30. The predicted octanol–water partition coefficient (Wildman–Crippen LogP) is -2.04. The molecule has 0 saturated carbocycles. The number of nitrogens with one attached hydrogen (secondary N) is 2. The van der Waals surface area contributed by atoms with Gasteiger partial charge < -0.3 is 20.5 Å². The fraction of sp³-hybridized carbons (Fsp3) is 0.188. The minimum Gasteiger partial charge on any atom is -0.548 e. The summed E-state index contributed by atoms with van der Waals surface area (Å²) in [6.45, 7) is 0. The number of aliphatic carboxylic acids is 1. The number of aromatic nitrogens is 1. The van der Waals surface area contributed by atoms with Crippen LogP contribution in [0.2, 0.25) is 0 Å². The van der Waals surface area contributed by atoms with E-state index in [0.717, 1.165) is 5.56 Å². The first-order valence-corrected chi connectivity index (χ1v) is 6.87. The van der Waals surface area contributed by atoms with Crippen LogP contribution in [0.4, 0.5) is 10.5 Å². The minimum absolute atomic E-state index is 0. The third kappa shape index (κ3) is 7.23. The molecule has 2 aromatic rings. The number of carbonyl (C=O) groups excluding carboxylic acids is 2. The number of carbonyl (C=O) groups is 2. The van der Waals surface area contributed by atoms with Gasteiger partial charge in [0.2, 0.25) is 0 Å². The Bertz CT molecular complexity index is 623. The van der Waals surface area contributed by atoms with Gasteiger partial charge in [0.25, 0.3) is 0 Å². The summed E-state index contributed by atoms with van der Waals surface area (Å²) in [7, 11) is 0. The summed E-state index contributed by atoms with van der Waals surface area (Å²) >= 11 is 0. The van der Waals surface area contributed by atoms with Crippen LogP contribution in [0.25, 0.3) is 0 Å². The summed E-state index contributed by atoms with van der Waals surface area (Å²) in [6, 6.07) is 11.0. The predicted molar refractivity (Wildman–Crippen MR) is 79.9 cm³/mol. The Morgan fingerprint density at radius 2 is 1.74 bits per heavy atom. The van der Waals surface area contributed by atoms with Crippen molar-refractivity contribution < 1.29 is 66.1 Å². The van der Waals surface area contributed by atoms with Gasteiger partial charge in [0, 0.05) is 18.1 Å². The van der Waals surface area contributed by atoms with Gasteiger partial charge in [0.05, 0.1) is 12.0 Å². The topological polar surface area (TPSA) is 94.2 Å². The number of hydrogen-bond acceptors (Lipinski definition) is 4. The molecule has 0 radical (unpaired) electrons. The van der Waals surface area contributed by atoms with Crippen molar-refractivity contribution in [1.82, 2.24) is 10.3 Å². The van der Waals surface area contributed by atoms with Crippen molar-refractivity contribution in [3.05, 3.63) is 60.4 Å². The van der Waals surface area contributed by atoms with Crippen LogP contribution in [0.15, 0.2) is 54.9 Å². The number of nitrogens with zero attached hydrogens (tertiary/aromatic N) is 1. The third-order valence-electron chi connectivity index (χ3n) is 3.09. The average Bonchev–Trinajstić information content (AvgIpc) is 2.53. The zero-order chi connectivity index (χ0) is 15.8. The van der Waals surface area contributed by atoms with E-state index in [9.17, 15) is 14.7 Å². The number of hydrogen-bond donors (Lipinski definition) is 2. The molecule has 0 aliphatic carbocycles. The van der Waals surface area contributed by atoms with Gasteiger partial charge in [-0.2, -0.15) is 0 Å². The summed E-state index contributed by atoms with van der Waals surface area (Å²) < 4.78 is 0. The number of rotatable bonds is 6. The molecule has 23 heavy (non-hydrogen) atoms.